The molecule has 20 nitrogen and oxygen atoms in total. The summed E-state index contributed by atoms with van der Waals surface area (Å²) in [5.41, 5.74) is 6.50. The SMILES string of the molecule is C.CC1CN(Cc2ccc(-c3noc(-c4ccc(OCC[18F])cc4)n3)cc2)C1.CCCc1cn(Cc2ccc(-c3noc(-c4ccc(OCC[18F])c(C(F)(F)F)c4)n3)cc2)nn1.CCc1ccc(-c2noc(-c3ccc(OCCC[18F])c(C(F)(F)F)c3)n2)cc1.CCc1ccc(-c2noc(-c3ccc(OCC[18F])c(C(F)(F)F)c3)n2)cc1. The molecule has 6 heterocycles. The van der Waals surface area contributed by atoms with Crippen molar-refractivity contribution in [2.45, 2.75) is 98.8 Å². The summed E-state index contributed by atoms with van der Waals surface area (Å²) in [5, 5.41) is 23.9. The number of aromatic nitrogens is 11. The highest BCUT2D eigenvalue weighted by atomic mass is 19.4. The Labute approximate surface area is 664 Å². The predicted octanol–water partition coefficient (Wildman–Crippen LogP) is 21.3. The lowest BCUT2D eigenvalue weighted by molar-refractivity contribution is -0.139. The monoisotopic (exact) mass is 1630 g/mol. The fraction of sp³-hybridized carbons (Fsp3) is 0.310. The molecule has 13 aromatic rings. The van der Waals surface area contributed by atoms with E-state index in [-0.39, 0.29) is 84.6 Å². The van der Waals surface area contributed by atoms with Crippen molar-refractivity contribution in [3.8, 4) is 114 Å². The number of halogens is 13. The van der Waals surface area contributed by atoms with Gasteiger partial charge in [0.25, 0.3) is 23.6 Å². The van der Waals surface area contributed by atoms with Gasteiger partial charge in [-0.25, -0.2) is 17.9 Å². The molecule has 5 aromatic heterocycles. The molecule has 1 saturated heterocycles. The first-order valence-corrected chi connectivity index (χ1v) is 36.8. The number of alkyl halides is 13. The molecule has 0 N–H and O–H groups in total. The zero-order valence-corrected chi connectivity index (χ0v) is 63.0. The average Bonchev–Trinajstić information content (AvgIpc) is 1.80. The van der Waals surface area contributed by atoms with E-state index in [0.29, 0.717) is 40.7 Å². The van der Waals surface area contributed by atoms with Crippen LogP contribution in [-0.2, 0) is 50.9 Å². The molecule has 1 fully saturated rings. The van der Waals surface area contributed by atoms with Gasteiger partial charge < -0.3 is 37.0 Å². The van der Waals surface area contributed by atoms with Gasteiger partial charge in [0.2, 0.25) is 23.3 Å². The van der Waals surface area contributed by atoms with Crippen LogP contribution >= 0.6 is 0 Å². The Balaban J connectivity index is 0.000000165. The molecule has 0 spiro atoms. The molecule has 0 amide bonds. The van der Waals surface area contributed by atoms with E-state index in [9.17, 15) is 57.1 Å². The molecular formula is C84H81F13N12O8. The molecule has 8 aromatic carbocycles. The molecule has 1 aliphatic rings. The van der Waals surface area contributed by atoms with Gasteiger partial charge in [0.15, 0.2) is 0 Å². The summed E-state index contributed by atoms with van der Waals surface area (Å²) in [6, 6.07) is 47.9. The van der Waals surface area contributed by atoms with Crippen LogP contribution in [0.3, 0.4) is 0 Å². The van der Waals surface area contributed by atoms with Gasteiger partial charge in [-0.05, 0) is 126 Å². The Kier molecular flexibility index (Phi) is 30.4. The highest BCUT2D eigenvalue weighted by molar-refractivity contribution is 5.66. The van der Waals surface area contributed by atoms with Gasteiger partial charge in [-0.15, -0.1) is 5.10 Å². The van der Waals surface area contributed by atoms with Crippen molar-refractivity contribution >= 4 is 0 Å². The topological polar surface area (TPSA) is 227 Å². The molecule has 1 aliphatic heterocycles. The smallest absolute Gasteiger partial charge is 0.419 e. The Hall–Kier alpha value is -12.3. The van der Waals surface area contributed by atoms with Gasteiger partial charge in [0.1, 0.15) is 62.8 Å². The molecule has 0 saturated carbocycles. The van der Waals surface area contributed by atoms with Gasteiger partial charge >= 0.3 is 18.5 Å². The number of ether oxygens (including phenoxy) is 4. The van der Waals surface area contributed by atoms with Crippen LogP contribution in [0.1, 0.15) is 92.6 Å². The first-order chi connectivity index (χ1) is 55.9. The van der Waals surface area contributed by atoms with Crippen molar-refractivity contribution in [1.82, 2.24) is 60.5 Å². The summed E-state index contributed by atoms with van der Waals surface area (Å²) < 4.78 is 212. The molecule has 0 atom stereocenters. The highest BCUT2D eigenvalue weighted by Gasteiger charge is 2.38. The van der Waals surface area contributed by atoms with Gasteiger partial charge in [-0.2, -0.15) is 59.4 Å². The molecule has 0 bridgehead atoms. The van der Waals surface area contributed by atoms with Crippen molar-refractivity contribution in [1.29, 1.82) is 0 Å². The second-order valence-corrected chi connectivity index (χ2v) is 26.3. The number of rotatable bonds is 29. The van der Waals surface area contributed by atoms with Crippen molar-refractivity contribution in [3.63, 3.8) is 0 Å². The average molecular weight is 1630 g/mol. The van der Waals surface area contributed by atoms with Crippen LogP contribution in [0.5, 0.6) is 23.0 Å². The van der Waals surface area contributed by atoms with Crippen molar-refractivity contribution in [2.75, 3.05) is 66.2 Å². The lowest BCUT2D eigenvalue weighted by atomic mass is 10.0. The lowest BCUT2D eigenvalue weighted by Crippen LogP contribution is -2.44. The standard InChI is InChI=1S/C23H21F4N5O2.C21H22FN3O2.C20H18F4N2O2.C19H16F4N2O2.CH4/c1-2-3-18-14-32(31-29-18)13-15-4-6-16(7-5-15)21-28-22(34-30-21)17-8-9-20(33-11-10-24)19(12-17)23(25,26)27;1-15-12-25(13-15)14-16-2-4-17(5-3-16)20-23-21(27-24-20)18-6-8-19(9-7-18)26-11-10-22;1-2-13-4-6-14(7-5-13)18-25-19(28-26-18)15-8-9-17(27-11-3-10-21)16(12-15)20(22,23)24;1-2-12-3-5-13(6-4-12)17-24-18(27-25-17)14-7-8-16(26-10-9-20)15(11-14)19(21,22)23;/h4-9,12,14H,2-3,10-11,13H2,1H3;2-9,15H,10-14H2,1H3;4-9,12H,2-3,10-11H2,1H3;3-8,11H,2,9-10H2,1H3;1H4/i24-1;22-1;21-1;20-1;. The fourth-order valence-corrected chi connectivity index (χ4v) is 11.7. The van der Waals surface area contributed by atoms with Crippen LogP contribution in [0, 0.1) is 5.92 Å². The number of hydrogen-bond donors (Lipinski definition) is 0. The third-order valence-electron chi connectivity index (χ3n) is 17.6. The van der Waals surface area contributed by atoms with E-state index < -0.39 is 86.6 Å². The Morgan fingerprint density at radius 1 is 0.393 bits per heavy atom. The summed E-state index contributed by atoms with van der Waals surface area (Å²) in [7, 11) is 0. The van der Waals surface area contributed by atoms with Crippen LogP contribution in [0.25, 0.3) is 91.4 Å². The number of likely N-dealkylation sites (tertiary alicyclic amines) is 1. The van der Waals surface area contributed by atoms with Gasteiger partial charge in [-0.3, -0.25) is 9.29 Å². The quantitative estimate of drug-likeness (QED) is 0.0314. The molecule has 14 rings (SSSR count). The molecule has 0 radical (unpaired) electrons. The minimum absolute atomic E-state index is 0. The van der Waals surface area contributed by atoms with Crippen molar-refractivity contribution in [2.24, 2.45) is 5.92 Å². The Morgan fingerprint density at radius 2 is 0.726 bits per heavy atom. The minimum Gasteiger partial charge on any atom is -0.493 e. The third kappa shape index (κ3) is 23.9. The van der Waals surface area contributed by atoms with Gasteiger partial charge in [0, 0.05) is 76.8 Å². The van der Waals surface area contributed by atoms with Gasteiger partial charge in [0.05, 0.1) is 42.2 Å². The van der Waals surface area contributed by atoms with E-state index in [1.54, 1.807) is 28.9 Å². The minimum atomic E-state index is -4.69. The molecule has 117 heavy (non-hydrogen) atoms. The second-order valence-electron chi connectivity index (χ2n) is 26.3. The zero-order valence-electron chi connectivity index (χ0n) is 63.0. The highest BCUT2D eigenvalue weighted by Crippen LogP contribution is 2.43. The number of hydrogen-bond acceptors (Lipinski definition) is 19. The zero-order chi connectivity index (χ0) is 82.4. The number of benzene rings is 8. The van der Waals surface area contributed by atoms with Crippen molar-refractivity contribution < 1.29 is 94.1 Å². The normalized spacial score (nSPS) is 12.3. The van der Waals surface area contributed by atoms with E-state index in [2.05, 4.69) is 81.8 Å². The predicted molar refractivity (Wildman–Crippen MR) is 409 cm³/mol. The van der Waals surface area contributed by atoms with E-state index in [1.165, 1.54) is 42.9 Å². The number of aryl methyl sites for hydroxylation is 3. The summed E-state index contributed by atoms with van der Waals surface area (Å²) in [6.45, 7) is 8.32. The molecule has 33 heteroatoms. The van der Waals surface area contributed by atoms with Crippen LogP contribution in [0.2, 0.25) is 0 Å². The maximum atomic E-state index is 13.4. The second kappa shape index (κ2) is 40.8. The van der Waals surface area contributed by atoms with Crippen LogP contribution < -0.4 is 18.9 Å². The van der Waals surface area contributed by atoms with Crippen molar-refractivity contribution in [3.05, 3.63) is 227 Å². The Bertz CT molecular complexity index is 5220. The van der Waals surface area contributed by atoms with Gasteiger partial charge in [-0.1, -0.05) is 164 Å². The summed E-state index contributed by atoms with van der Waals surface area (Å²) in [4.78, 5) is 19.5. The molecule has 616 valence electrons. The van der Waals surface area contributed by atoms with E-state index >= 15 is 0 Å². The maximum absolute atomic E-state index is 13.4. The summed E-state index contributed by atoms with van der Waals surface area (Å²) >= 11 is 0. The summed E-state index contributed by atoms with van der Waals surface area (Å²) in [5.74, 6) is 1.81. The molecule has 0 unspecified atom stereocenters. The van der Waals surface area contributed by atoms with E-state index in [1.807, 2.05) is 105 Å². The van der Waals surface area contributed by atoms with Crippen LogP contribution in [0.4, 0.5) is 57.1 Å². The first kappa shape index (κ1) is 87.1. The summed E-state index contributed by atoms with van der Waals surface area (Å²) in [6.07, 6.45) is -8.44. The lowest BCUT2D eigenvalue weighted by Gasteiger charge is -2.37. The maximum Gasteiger partial charge on any atom is 0.419 e. The number of nitrogens with zero attached hydrogens (tertiary/aromatic N) is 12. The Morgan fingerprint density at radius 3 is 1.07 bits per heavy atom. The molecular weight excluding hydrogens is 1550 g/mol. The third-order valence-corrected chi connectivity index (χ3v) is 17.6. The van der Waals surface area contributed by atoms with Crippen LogP contribution in [-0.4, -0.2) is 127 Å². The molecule has 0 aliphatic carbocycles. The largest absolute Gasteiger partial charge is 0.493 e. The van der Waals surface area contributed by atoms with Crippen LogP contribution in [0.15, 0.2) is 200 Å². The van der Waals surface area contributed by atoms with E-state index in [0.717, 1.165) is 102 Å². The fourth-order valence-electron chi connectivity index (χ4n) is 11.7. The first-order valence-electron chi connectivity index (χ1n) is 36.8. The van der Waals surface area contributed by atoms with E-state index in [4.69, 9.17) is 37.0 Å².